The number of benzene rings is 1. The number of hydrogen-bond donors (Lipinski definition) is 2. The minimum Gasteiger partial charge on any atom is -0.496 e. The maximum Gasteiger partial charge on any atom is 0.296 e. The number of anilines is 1. The van der Waals surface area contributed by atoms with E-state index in [4.69, 9.17) is 4.74 Å². The molecule has 11 heteroatoms. The summed E-state index contributed by atoms with van der Waals surface area (Å²) >= 11 is 2.68. The lowest BCUT2D eigenvalue weighted by Gasteiger charge is -2.07. The zero-order chi connectivity index (χ0) is 18.7. The number of methoxy groups -OCH3 is 1. The number of rotatable bonds is 6. The van der Waals surface area contributed by atoms with Gasteiger partial charge in [-0.15, -0.1) is 0 Å². The first kappa shape index (κ1) is 18.3. The van der Waals surface area contributed by atoms with Crippen molar-refractivity contribution in [2.75, 3.05) is 18.2 Å². The zero-order valence-electron chi connectivity index (χ0n) is 13.6. The van der Waals surface area contributed by atoms with Gasteiger partial charge >= 0.3 is 0 Å². The molecule has 0 radical (unpaired) electrons. The van der Waals surface area contributed by atoms with E-state index in [0.29, 0.717) is 28.0 Å². The Bertz CT molecular complexity index is 931. The average molecular weight is 394 g/mol. The van der Waals surface area contributed by atoms with E-state index >= 15 is 0 Å². The number of H-pyrrole nitrogens is 1. The highest BCUT2D eigenvalue weighted by atomic mass is 32.2. The number of amides is 1. The summed E-state index contributed by atoms with van der Waals surface area (Å²) in [5.41, 5.74) is 1.05. The van der Waals surface area contributed by atoms with Crippen molar-refractivity contribution in [3.63, 3.8) is 0 Å². The molecule has 1 aromatic heterocycles. The molecule has 136 valence electrons. The molecule has 0 bridgehead atoms. The summed E-state index contributed by atoms with van der Waals surface area (Å²) in [7, 11) is 1.40. The van der Waals surface area contributed by atoms with Crippen molar-refractivity contribution in [3.05, 3.63) is 49.9 Å². The minimum absolute atomic E-state index is 0.0436. The third-order valence-electron chi connectivity index (χ3n) is 3.58. The van der Waals surface area contributed by atoms with Crippen LogP contribution in [-0.2, 0) is 16.3 Å². The minimum atomic E-state index is -0.595. The highest BCUT2D eigenvalue weighted by Crippen LogP contribution is 2.29. The first-order valence-electron chi connectivity index (χ1n) is 7.43. The highest BCUT2D eigenvalue weighted by Gasteiger charge is 2.19. The van der Waals surface area contributed by atoms with E-state index in [1.165, 1.54) is 25.3 Å². The van der Waals surface area contributed by atoms with Crippen molar-refractivity contribution in [1.82, 2.24) is 9.97 Å². The van der Waals surface area contributed by atoms with Gasteiger partial charge in [-0.05, 0) is 12.1 Å². The number of fused-ring (bicyclic) bond motifs is 1. The fourth-order valence-electron chi connectivity index (χ4n) is 2.32. The standard InChI is InChI=1S/C15H14N4O5S2/c1-24-8-2-3-10(12(4-8)19(22)23)16-13(20)7-26-15-17-11-6-25-5-9(11)14(21)18-15/h2-4H,5-7H2,1H3,(H,16,20)(H,17,18,21). The van der Waals surface area contributed by atoms with Gasteiger partial charge in [0.15, 0.2) is 5.16 Å². The second-order valence-electron chi connectivity index (χ2n) is 5.27. The molecule has 0 aliphatic carbocycles. The summed E-state index contributed by atoms with van der Waals surface area (Å²) in [4.78, 5) is 41.6. The molecule has 2 aromatic rings. The highest BCUT2D eigenvalue weighted by molar-refractivity contribution is 7.99. The Morgan fingerprint density at radius 2 is 2.31 bits per heavy atom. The van der Waals surface area contributed by atoms with E-state index < -0.39 is 10.8 Å². The van der Waals surface area contributed by atoms with Crippen LogP contribution in [-0.4, -0.2) is 33.7 Å². The van der Waals surface area contributed by atoms with Crippen LogP contribution in [0, 0.1) is 10.1 Å². The molecule has 2 N–H and O–H groups in total. The van der Waals surface area contributed by atoms with Crippen LogP contribution < -0.4 is 15.6 Å². The maximum atomic E-state index is 12.1. The van der Waals surface area contributed by atoms with Gasteiger partial charge in [0, 0.05) is 17.1 Å². The molecule has 0 saturated carbocycles. The number of carbonyl (C=O) groups is 1. The molecule has 3 rings (SSSR count). The summed E-state index contributed by atoms with van der Waals surface area (Å²) < 4.78 is 4.95. The second-order valence-corrected chi connectivity index (χ2v) is 7.22. The Kier molecular flexibility index (Phi) is 5.47. The molecule has 0 spiro atoms. The summed E-state index contributed by atoms with van der Waals surface area (Å²) in [6, 6.07) is 4.17. The number of carbonyl (C=O) groups excluding carboxylic acids is 1. The van der Waals surface area contributed by atoms with E-state index in [2.05, 4.69) is 15.3 Å². The molecule has 1 aromatic carbocycles. The molecule has 1 aliphatic heterocycles. The number of nitrogens with zero attached hydrogens (tertiary/aromatic N) is 2. The molecule has 26 heavy (non-hydrogen) atoms. The first-order valence-corrected chi connectivity index (χ1v) is 9.57. The zero-order valence-corrected chi connectivity index (χ0v) is 15.2. The second kappa shape index (κ2) is 7.79. The third kappa shape index (κ3) is 3.99. The van der Waals surface area contributed by atoms with E-state index in [1.807, 2.05) is 0 Å². The molecule has 9 nitrogen and oxygen atoms in total. The van der Waals surface area contributed by atoms with Gasteiger partial charge in [-0.3, -0.25) is 19.7 Å². The van der Waals surface area contributed by atoms with Crippen molar-refractivity contribution in [1.29, 1.82) is 0 Å². The SMILES string of the molecule is COc1ccc(NC(=O)CSc2nc3c(c(=O)[nH]2)CSC3)c([N+](=O)[O-])c1. The number of thioether (sulfide) groups is 2. The Labute approximate surface area is 156 Å². The average Bonchev–Trinajstić information content (AvgIpc) is 3.09. The molecule has 1 aliphatic rings. The number of aromatic amines is 1. The number of nitro groups is 1. The predicted octanol–water partition coefficient (Wildman–Crippen LogP) is 2.16. The van der Waals surface area contributed by atoms with Crippen LogP contribution in [0.2, 0.25) is 0 Å². The lowest BCUT2D eigenvalue weighted by atomic mass is 10.2. The molecule has 0 fully saturated rings. The van der Waals surface area contributed by atoms with Crippen molar-refractivity contribution < 1.29 is 14.5 Å². The quantitative estimate of drug-likeness (QED) is 0.330. The van der Waals surface area contributed by atoms with Crippen LogP contribution in [0.1, 0.15) is 11.3 Å². The van der Waals surface area contributed by atoms with Gasteiger partial charge in [0.05, 0.1) is 29.5 Å². The summed E-state index contributed by atoms with van der Waals surface area (Å²) in [5, 5.41) is 14.0. The molecular weight excluding hydrogens is 380 g/mol. The van der Waals surface area contributed by atoms with Crippen LogP contribution in [0.5, 0.6) is 5.75 Å². The van der Waals surface area contributed by atoms with E-state index in [1.54, 1.807) is 11.8 Å². The largest absolute Gasteiger partial charge is 0.496 e. The first-order chi connectivity index (χ1) is 12.5. The predicted molar refractivity (Wildman–Crippen MR) is 98.9 cm³/mol. The summed E-state index contributed by atoms with van der Waals surface area (Å²) in [6.45, 7) is 0. The fraction of sp³-hybridized carbons (Fsp3) is 0.267. The van der Waals surface area contributed by atoms with Crippen LogP contribution >= 0.6 is 23.5 Å². The van der Waals surface area contributed by atoms with Crippen molar-refractivity contribution in [2.45, 2.75) is 16.7 Å². The van der Waals surface area contributed by atoms with Crippen LogP contribution in [0.3, 0.4) is 0 Å². The van der Waals surface area contributed by atoms with Crippen LogP contribution in [0.15, 0.2) is 28.2 Å². The van der Waals surface area contributed by atoms with Gasteiger partial charge in [-0.25, -0.2) is 4.98 Å². The number of hydrogen-bond acceptors (Lipinski definition) is 8. The Balaban J connectivity index is 1.68. The lowest BCUT2D eigenvalue weighted by Crippen LogP contribution is -2.18. The Morgan fingerprint density at radius 3 is 3.04 bits per heavy atom. The smallest absolute Gasteiger partial charge is 0.296 e. The van der Waals surface area contributed by atoms with Crippen LogP contribution in [0.25, 0.3) is 0 Å². The molecule has 2 heterocycles. The van der Waals surface area contributed by atoms with E-state index in [9.17, 15) is 19.7 Å². The number of nitrogens with one attached hydrogen (secondary N) is 2. The van der Waals surface area contributed by atoms with Crippen molar-refractivity contribution >= 4 is 40.8 Å². The van der Waals surface area contributed by atoms with Crippen molar-refractivity contribution in [3.8, 4) is 5.75 Å². The van der Waals surface area contributed by atoms with Gasteiger partial charge in [0.25, 0.3) is 11.2 Å². The van der Waals surface area contributed by atoms with Gasteiger partial charge < -0.3 is 15.0 Å². The van der Waals surface area contributed by atoms with Gasteiger partial charge in [0.2, 0.25) is 5.91 Å². The molecule has 0 unspecified atom stereocenters. The Morgan fingerprint density at radius 1 is 1.50 bits per heavy atom. The maximum absolute atomic E-state index is 12.1. The molecular formula is C15H14N4O5S2. The van der Waals surface area contributed by atoms with E-state index in [-0.39, 0.29) is 22.7 Å². The van der Waals surface area contributed by atoms with Gasteiger partial charge in [0.1, 0.15) is 11.4 Å². The summed E-state index contributed by atoms with van der Waals surface area (Å²) in [6.07, 6.45) is 0. The van der Waals surface area contributed by atoms with Gasteiger partial charge in [-0.1, -0.05) is 11.8 Å². The molecule has 0 saturated heterocycles. The summed E-state index contributed by atoms with van der Waals surface area (Å²) in [5.74, 6) is 1.15. The number of ether oxygens (including phenoxy) is 1. The lowest BCUT2D eigenvalue weighted by molar-refractivity contribution is -0.384. The van der Waals surface area contributed by atoms with E-state index in [0.717, 1.165) is 17.5 Å². The normalized spacial score (nSPS) is 12.5. The van der Waals surface area contributed by atoms with Crippen molar-refractivity contribution in [2.24, 2.45) is 0 Å². The monoisotopic (exact) mass is 394 g/mol. The third-order valence-corrected chi connectivity index (χ3v) is 5.42. The van der Waals surface area contributed by atoms with Crippen LogP contribution in [0.4, 0.5) is 11.4 Å². The fourth-order valence-corrected chi connectivity index (χ4v) is 4.04. The number of nitro benzene ring substituents is 1. The molecule has 0 atom stereocenters. The number of aromatic nitrogens is 2. The van der Waals surface area contributed by atoms with Gasteiger partial charge in [-0.2, -0.15) is 11.8 Å². The Hall–Kier alpha value is -2.53. The molecule has 1 amide bonds. The topological polar surface area (TPSA) is 127 Å².